The van der Waals surface area contributed by atoms with Gasteiger partial charge in [0.15, 0.2) is 0 Å². The number of phenolic OH excluding ortho intramolecular Hbond substituents is 2. The standard InChI is InChI=1S/C24H16ClNO2/c25-22-4-2-1-3-19(22)23-13-20(14-5-7-16(27)8-6-14)21-12-15-11-17(28)9-10-18(15)24(21)26-23/h1-11,13,27-28H,12H2. The van der Waals surface area contributed by atoms with Crippen LogP contribution in [0.25, 0.3) is 33.6 Å². The summed E-state index contributed by atoms with van der Waals surface area (Å²) in [5, 5.41) is 20.2. The molecule has 136 valence electrons. The summed E-state index contributed by atoms with van der Waals surface area (Å²) in [4.78, 5) is 4.94. The maximum Gasteiger partial charge on any atom is 0.115 e. The maximum absolute atomic E-state index is 9.90. The molecule has 0 unspecified atom stereocenters. The summed E-state index contributed by atoms with van der Waals surface area (Å²) in [5.41, 5.74) is 7.84. The van der Waals surface area contributed by atoms with E-state index in [1.54, 1.807) is 24.3 Å². The third kappa shape index (κ3) is 2.72. The van der Waals surface area contributed by atoms with E-state index in [4.69, 9.17) is 16.6 Å². The predicted octanol–water partition coefficient (Wildman–Crippen LogP) is 6.05. The van der Waals surface area contributed by atoms with Crippen molar-refractivity contribution in [1.82, 2.24) is 4.98 Å². The molecule has 0 fully saturated rings. The predicted molar refractivity (Wildman–Crippen MR) is 112 cm³/mol. The van der Waals surface area contributed by atoms with Gasteiger partial charge in [0, 0.05) is 22.6 Å². The minimum Gasteiger partial charge on any atom is -0.508 e. The van der Waals surface area contributed by atoms with E-state index in [0.29, 0.717) is 11.4 Å². The van der Waals surface area contributed by atoms with Gasteiger partial charge in [-0.05, 0) is 64.7 Å². The summed E-state index contributed by atoms with van der Waals surface area (Å²) in [6.45, 7) is 0. The van der Waals surface area contributed by atoms with Crippen LogP contribution in [0.5, 0.6) is 11.5 Å². The molecule has 5 rings (SSSR count). The molecule has 1 heterocycles. The Hall–Kier alpha value is -3.30. The van der Waals surface area contributed by atoms with Crippen LogP contribution in [0.4, 0.5) is 0 Å². The molecule has 28 heavy (non-hydrogen) atoms. The molecule has 3 aromatic carbocycles. The molecule has 0 aliphatic heterocycles. The molecule has 0 radical (unpaired) electrons. The van der Waals surface area contributed by atoms with E-state index < -0.39 is 0 Å². The highest BCUT2D eigenvalue weighted by atomic mass is 35.5. The number of benzene rings is 3. The Morgan fingerprint density at radius 3 is 2.29 bits per heavy atom. The average molecular weight is 386 g/mol. The normalized spacial score (nSPS) is 11.9. The Labute approximate surface area is 167 Å². The van der Waals surface area contributed by atoms with Crippen molar-refractivity contribution < 1.29 is 10.2 Å². The van der Waals surface area contributed by atoms with Crippen LogP contribution in [0.2, 0.25) is 5.02 Å². The molecule has 1 aliphatic carbocycles. The SMILES string of the molecule is Oc1ccc(-c2cc(-c3ccccc3Cl)nc3c2Cc2cc(O)ccc2-3)cc1. The van der Waals surface area contributed by atoms with Crippen LogP contribution >= 0.6 is 11.6 Å². The summed E-state index contributed by atoms with van der Waals surface area (Å²) in [6, 6.07) is 22.3. The summed E-state index contributed by atoms with van der Waals surface area (Å²) in [7, 11) is 0. The Bertz CT molecular complexity index is 1220. The number of nitrogens with zero attached hydrogens (tertiary/aromatic N) is 1. The van der Waals surface area contributed by atoms with Gasteiger partial charge in [0.05, 0.1) is 11.4 Å². The Morgan fingerprint density at radius 2 is 1.50 bits per heavy atom. The first kappa shape index (κ1) is 16.8. The first-order valence-electron chi connectivity index (χ1n) is 9.00. The van der Waals surface area contributed by atoms with E-state index in [9.17, 15) is 10.2 Å². The summed E-state index contributed by atoms with van der Waals surface area (Å²) in [6.07, 6.45) is 0.699. The lowest BCUT2D eigenvalue weighted by Crippen LogP contribution is -1.95. The molecule has 0 saturated carbocycles. The van der Waals surface area contributed by atoms with Crippen LogP contribution in [0.15, 0.2) is 72.8 Å². The molecule has 4 aromatic rings. The monoisotopic (exact) mass is 385 g/mol. The minimum absolute atomic E-state index is 0.231. The van der Waals surface area contributed by atoms with Crippen molar-refractivity contribution in [1.29, 1.82) is 0 Å². The van der Waals surface area contributed by atoms with Gasteiger partial charge in [0.1, 0.15) is 11.5 Å². The van der Waals surface area contributed by atoms with Gasteiger partial charge >= 0.3 is 0 Å². The van der Waals surface area contributed by atoms with Crippen LogP contribution in [-0.2, 0) is 6.42 Å². The number of rotatable bonds is 2. The maximum atomic E-state index is 9.90. The number of fused-ring (bicyclic) bond motifs is 3. The molecule has 0 bridgehead atoms. The molecule has 0 saturated heterocycles. The first-order valence-corrected chi connectivity index (χ1v) is 9.38. The van der Waals surface area contributed by atoms with Crippen molar-refractivity contribution in [3.63, 3.8) is 0 Å². The van der Waals surface area contributed by atoms with Crippen LogP contribution < -0.4 is 0 Å². The smallest absolute Gasteiger partial charge is 0.115 e. The van der Waals surface area contributed by atoms with Gasteiger partial charge < -0.3 is 10.2 Å². The van der Waals surface area contributed by atoms with Crippen LogP contribution in [0.3, 0.4) is 0 Å². The van der Waals surface area contributed by atoms with Crippen molar-refractivity contribution in [3.8, 4) is 45.1 Å². The van der Waals surface area contributed by atoms with Gasteiger partial charge in [-0.15, -0.1) is 0 Å². The molecule has 0 amide bonds. The Balaban J connectivity index is 1.79. The van der Waals surface area contributed by atoms with Gasteiger partial charge in [-0.3, -0.25) is 0 Å². The van der Waals surface area contributed by atoms with E-state index in [2.05, 4.69) is 6.07 Å². The largest absolute Gasteiger partial charge is 0.508 e. The van der Waals surface area contributed by atoms with Crippen molar-refractivity contribution in [2.45, 2.75) is 6.42 Å². The molecular weight excluding hydrogens is 370 g/mol. The topological polar surface area (TPSA) is 53.4 Å². The van der Waals surface area contributed by atoms with Gasteiger partial charge in [0.2, 0.25) is 0 Å². The Morgan fingerprint density at radius 1 is 0.750 bits per heavy atom. The second kappa shape index (κ2) is 6.39. The number of aromatic nitrogens is 1. The number of aromatic hydroxyl groups is 2. The molecule has 1 aliphatic rings. The van der Waals surface area contributed by atoms with Crippen LogP contribution in [-0.4, -0.2) is 15.2 Å². The molecule has 2 N–H and O–H groups in total. The molecular formula is C24H16ClNO2. The van der Waals surface area contributed by atoms with E-state index >= 15 is 0 Å². The molecule has 4 heteroatoms. The number of halogens is 1. The van der Waals surface area contributed by atoms with Crippen LogP contribution in [0, 0.1) is 0 Å². The van der Waals surface area contributed by atoms with Crippen molar-refractivity contribution in [2.75, 3.05) is 0 Å². The Kier molecular flexibility index (Phi) is 3.85. The van der Waals surface area contributed by atoms with Gasteiger partial charge in [0.25, 0.3) is 0 Å². The van der Waals surface area contributed by atoms with Gasteiger partial charge in [-0.1, -0.05) is 41.9 Å². The minimum atomic E-state index is 0.231. The lowest BCUT2D eigenvalue weighted by Gasteiger charge is -2.13. The van der Waals surface area contributed by atoms with E-state index in [0.717, 1.165) is 44.8 Å². The highest BCUT2D eigenvalue weighted by Crippen LogP contribution is 2.44. The summed E-state index contributed by atoms with van der Waals surface area (Å²) >= 11 is 6.44. The molecule has 3 nitrogen and oxygen atoms in total. The van der Waals surface area contributed by atoms with Gasteiger partial charge in [-0.2, -0.15) is 0 Å². The van der Waals surface area contributed by atoms with Gasteiger partial charge in [-0.25, -0.2) is 4.98 Å². The molecule has 0 spiro atoms. The fourth-order valence-electron chi connectivity index (χ4n) is 3.83. The zero-order chi connectivity index (χ0) is 19.3. The fraction of sp³-hybridized carbons (Fsp3) is 0.0417. The number of phenols is 2. The molecule has 1 aromatic heterocycles. The third-order valence-corrected chi connectivity index (χ3v) is 5.49. The second-order valence-corrected chi connectivity index (χ2v) is 7.33. The highest BCUT2D eigenvalue weighted by molar-refractivity contribution is 6.33. The average Bonchev–Trinajstić information content (AvgIpc) is 3.06. The number of hydrogen-bond donors (Lipinski definition) is 2. The zero-order valence-corrected chi connectivity index (χ0v) is 15.6. The van der Waals surface area contributed by atoms with E-state index in [-0.39, 0.29) is 11.5 Å². The van der Waals surface area contributed by atoms with Crippen LogP contribution in [0.1, 0.15) is 11.1 Å². The lowest BCUT2D eigenvalue weighted by atomic mass is 9.96. The first-order chi connectivity index (χ1) is 13.6. The summed E-state index contributed by atoms with van der Waals surface area (Å²) in [5.74, 6) is 0.484. The third-order valence-electron chi connectivity index (χ3n) is 5.16. The van der Waals surface area contributed by atoms with Crippen molar-refractivity contribution in [2.24, 2.45) is 0 Å². The van der Waals surface area contributed by atoms with E-state index in [1.807, 2.05) is 42.5 Å². The van der Waals surface area contributed by atoms with Crippen molar-refractivity contribution >= 4 is 11.6 Å². The molecule has 0 atom stereocenters. The lowest BCUT2D eigenvalue weighted by molar-refractivity contribution is 0.474. The number of pyridine rings is 1. The summed E-state index contributed by atoms with van der Waals surface area (Å²) < 4.78 is 0. The number of hydrogen-bond acceptors (Lipinski definition) is 3. The van der Waals surface area contributed by atoms with Crippen molar-refractivity contribution in [3.05, 3.63) is 88.9 Å². The quantitative estimate of drug-likeness (QED) is 0.389. The highest BCUT2D eigenvalue weighted by Gasteiger charge is 2.25. The zero-order valence-electron chi connectivity index (χ0n) is 14.9. The fourth-order valence-corrected chi connectivity index (χ4v) is 4.06. The van der Waals surface area contributed by atoms with E-state index in [1.165, 1.54) is 0 Å². The second-order valence-electron chi connectivity index (χ2n) is 6.93.